The minimum atomic E-state index is -0.311. The maximum absolute atomic E-state index is 11.9. The van der Waals surface area contributed by atoms with E-state index in [0.29, 0.717) is 5.82 Å². The molecule has 2 amide bonds. The van der Waals surface area contributed by atoms with Gasteiger partial charge in [-0.25, -0.2) is 0 Å². The summed E-state index contributed by atoms with van der Waals surface area (Å²) in [7, 11) is 0. The maximum atomic E-state index is 11.9. The van der Waals surface area contributed by atoms with Crippen LogP contribution in [0.5, 0.6) is 0 Å². The summed E-state index contributed by atoms with van der Waals surface area (Å²) in [6.45, 7) is 1.51. The minimum Gasteiger partial charge on any atom is -0.345 e. The highest BCUT2D eigenvalue weighted by Gasteiger charge is 2.18. The first-order valence-electron chi connectivity index (χ1n) is 7.60. The Morgan fingerprint density at radius 2 is 1.87 bits per heavy atom. The molecule has 1 N–H and O–H groups in total. The molecule has 1 aromatic heterocycles. The van der Waals surface area contributed by atoms with Crippen molar-refractivity contribution in [1.82, 2.24) is 30.4 Å². The highest BCUT2D eigenvalue weighted by Crippen LogP contribution is 2.11. The van der Waals surface area contributed by atoms with Gasteiger partial charge in [-0.3, -0.25) is 9.59 Å². The zero-order valence-corrected chi connectivity index (χ0v) is 12.7. The Bertz CT molecular complexity index is 678. The van der Waals surface area contributed by atoms with Gasteiger partial charge >= 0.3 is 0 Å². The van der Waals surface area contributed by atoms with Crippen molar-refractivity contribution >= 4 is 11.8 Å². The third kappa shape index (κ3) is 3.91. The van der Waals surface area contributed by atoms with Gasteiger partial charge in [-0.05, 0) is 18.1 Å². The van der Waals surface area contributed by atoms with E-state index in [-0.39, 0.29) is 24.9 Å². The molecule has 8 heteroatoms. The number of amides is 2. The van der Waals surface area contributed by atoms with Gasteiger partial charge in [0.2, 0.25) is 17.6 Å². The van der Waals surface area contributed by atoms with Gasteiger partial charge in [-0.2, -0.15) is 4.80 Å². The van der Waals surface area contributed by atoms with E-state index in [1.807, 2.05) is 30.3 Å². The second kappa shape index (κ2) is 6.99. The molecule has 3 rings (SSSR count). The highest BCUT2D eigenvalue weighted by molar-refractivity contribution is 5.84. The molecule has 23 heavy (non-hydrogen) atoms. The average Bonchev–Trinajstić information content (AvgIpc) is 3.25. The molecular formula is C15H18N6O2. The Hall–Kier alpha value is -2.77. The largest absolute Gasteiger partial charge is 0.345 e. The molecule has 0 saturated carbocycles. The van der Waals surface area contributed by atoms with Crippen LogP contribution in [0.4, 0.5) is 0 Å². The summed E-state index contributed by atoms with van der Waals surface area (Å²) < 4.78 is 0. The van der Waals surface area contributed by atoms with E-state index in [4.69, 9.17) is 0 Å². The van der Waals surface area contributed by atoms with Crippen LogP contribution in [0.1, 0.15) is 12.8 Å². The van der Waals surface area contributed by atoms with Crippen LogP contribution in [0.3, 0.4) is 0 Å². The number of hydrogen-bond acceptors (Lipinski definition) is 5. The molecule has 1 aliphatic rings. The molecule has 8 nitrogen and oxygen atoms in total. The van der Waals surface area contributed by atoms with E-state index < -0.39 is 0 Å². The monoisotopic (exact) mass is 314 g/mol. The van der Waals surface area contributed by atoms with Crippen molar-refractivity contribution in [2.24, 2.45) is 0 Å². The summed E-state index contributed by atoms with van der Waals surface area (Å²) in [5.74, 6) is 0.105. The topological polar surface area (TPSA) is 93.0 Å². The standard InChI is InChI=1S/C15H18N6O2/c22-13(16-10-14(23)20-8-4-5-9-20)11-21-18-15(17-19-21)12-6-2-1-3-7-12/h1-3,6-7H,4-5,8-11H2,(H,16,22). The van der Waals surface area contributed by atoms with Crippen molar-refractivity contribution in [3.05, 3.63) is 30.3 Å². The number of hydrogen-bond donors (Lipinski definition) is 1. The number of rotatable bonds is 5. The molecular weight excluding hydrogens is 296 g/mol. The summed E-state index contributed by atoms with van der Waals surface area (Å²) in [4.78, 5) is 26.7. The van der Waals surface area contributed by atoms with E-state index in [2.05, 4.69) is 20.7 Å². The number of benzene rings is 1. The minimum absolute atomic E-state index is 0.0130. The summed E-state index contributed by atoms with van der Waals surface area (Å²) in [5, 5.41) is 14.5. The Balaban J connectivity index is 1.50. The van der Waals surface area contributed by atoms with Gasteiger partial charge in [0, 0.05) is 18.7 Å². The van der Waals surface area contributed by atoms with E-state index >= 15 is 0 Å². The van der Waals surface area contributed by atoms with Gasteiger partial charge < -0.3 is 10.2 Å². The van der Waals surface area contributed by atoms with Gasteiger partial charge in [-0.15, -0.1) is 10.2 Å². The molecule has 2 aromatic rings. The van der Waals surface area contributed by atoms with Gasteiger partial charge in [0.05, 0.1) is 6.54 Å². The molecule has 0 radical (unpaired) electrons. The molecule has 120 valence electrons. The van der Waals surface area contributed by atoms with E-state index in [9.17, 15) is 9.59 Å². The number of carbonyl (C=O) groups is 2. The lowest BCUT2D eigenvalue weighted by Crippen LogP contribution is -2.40. The fourth-order valence-corrected chi connectivity index (χ4v) is 2.45. The van der Waals surface area contributed by atoms with Crippen molar-refractivity contribution in [1.29, 1.82) is 0 Å². The molecule has 2 heterocycles. The number of nitrogens with zero attached hydrogens (tertiary/aromatic N) is 5. The molecule has 1 saturated heterocycles. The first-order valence-corrected chi connectivity index (χ1v) is 7.60. The van der Waals surface area contributed by atoms with Crippen molar-refractivity contribution in [2.45, 2.75) is 19.4 Å². The first kappa shape index (κ1) is 15.1. The average molecular weight is 314 g/mol. The van der Waals surface area contributed by atoms with Crippen molar-refractivity contribution in [2.75, 3.05) is 19.6 Å². The van der Waals surface area contributed by atoms with Crippen molar-refractivity contribution in [3.8, 4) is 11.4 Å². The maximum Gasteiger partial charge on any atom is 0.244 e. The number of tetrazole rings is 1. The number of nitrogens with one attached hydrogen (secondary N) is 1. The van der Waals surface area contributed by atoms with Crippen molar-refractivity contribution in [3.63, 3.8) is 0 Å². The van der Waals surface area contributed by atoms with E-state index in [1.54, 1.807) is 4.90 Å². The van der Waals surface area contributed by atoms with Gasteiger partial charge in [0.1, 0.15) is 6.54 Å². The fraction of sp³-hybridized carbons (Fsp3) is 0.400. The third-order valence-electron chi connectivity index (χ3n) is 3.67. The lowest BCUT2D eigenvalue weighted by atomic mass is 10.2. The Morgan fingerprint density at radius 1 is 1.13 bits per heavy atom. The number of likely N-dealkylation sites (tertiary alicyclic amines) is 1. The third-order valence-corrected chi connectivity index (χ3v) is 3.67. The van der Waals surface area contributed by atoms with Gasteiger partial charge in [0.25, 0.3) is 0 Å². The second-order valence-corrected chi connectivity index (χ2v) is 5.37. The smallest absolute Gasteiger partial charge is 0.244 e. The molecule has 0 unspecified atom stereocenters. The lowest BCUT2D eigenvalue weighted by Gasteiger charge is -2.15. The molecule has 1 fully saturated rings. The molecule has 0 aliphatic carbocycles. The van der Waals surface area contributed by atoms with Gasteiger partial charge in [-0.1, -0.05) is 30.3 Å². The zero-order chi connectivity index (χ0) is 16.1. The Kier molecular flexibility index (Phi) is 4.60. The van der Waals surface area contributed by atoms with E-state index in [1.165, 1.54) is 4.80 Å². The predicted molar refractivity (Wildman–Crippen MR) is 82.1 cm³/mol. The number of carbonyl (C=O) groups excluding carboxylic acids is 2. The fourth-order valence-electron chi connectivity index (χ4n) is 2.45. The van der Waals surface area contributed by atoms with Crippen LogP contribution in [0, 0.1) is 0 Å². The Morgan fingerprint density at radius 3 is 2.61 bits per heavy atom. The lowest BCUT2D eigenvalue weighted by molar-refractivity contribution is -0.132. The van der Waals surface area contributed by atoms with Crippen LogP contribution in [-0.4, -0.2) is 56.6 Å². The molecule has 1 aliphatic heterocycles. The molecule has 0 spiro atoms. The Labute approximate surface area is 133 Å². The van der Waals surface area contributed by atoms with Crippen LogP contribution < -0.4 is 5.32 Å². The second-order valence-electron chi connectivity index (χ2n) is 5.37. The quantitative estimate of drug-likeness (QED) is 0.843. The molecule has 1 aromatic carbocycles. The summed E-state index contributed by atoms with van der Waals surface area (Å²) in [5.41, 5.74) is 0.836. The normalized spacial score (nSPS) is 14.0. The summed E-state index contributed by atoms with van der Waals surface area (Å²) >= 11 is 0. The first-order chi connectivity index (χ1) is 11.2. The SMILES string of the molecule is O=C(Cn1nnc(-c2ccccc2)n1)NCC(=O)N1CCCC1. The summed E-state index contributed by atoms with van der Waals surface area (Å²) in [6.07, 6.45) is 2.07. The van der Waals surface area contributed by atoms with Crippen LogP contribution >= 0.6 is 0 Å². The van der Waals surface area contributed by atoms with Crippen LogP contribution in [0.25, 0.3) is 11.4 Å². The predicted octanol–water partition coefficient (Wildman–Crippen LogP) is 0.0787. The molecule has 0 bridgehead atoms. The zero-order valence-electron chi connectivity index (χ0n) is 12.7. The van der Waals surface area contributed by atoms with Gasteiger partial charge in [0.15, 0.2) is 0 Å². The van der Waals surface area contributed by atoms with Crippen LogP contribution in [0.2, 0.25) is 0 Å². The van der Waals surface area contributed by atoms with E-state index in [0.717, 1.165) is 31.5 Å². The number of aromatic nitrogens is 4. The van der Waals surface area contributed by atoms with Crippen LogP contribution in [0.15, 0.2) is 30.3 Å². The summed E-state index contributed by atoms with van der Waals surface area (Å²) in [6, 6.07) is 9.41. The highest BCUT2D eigenvalue weighted by atomic mass is 16.2. The van der Waals surface area contributed by atoms with Crippen LogP contribution in [-0.2, 0) is 16.1 Å². The van der Waals surface area contributed by atoms with Crippen molar-refractivity contribution < 1.29 is 9.59 Å². The molecule has 0 atom stereocenters.